The maximum Gasteiger partial charge on any atom is 0.253 e. The number of carbonyl (C=O) groups is 2. The van der Waals surface area contributed by atoms with Crippen molar-refractivity contribution in [2.45, 2.75) is 19.8 Å². The fourth-order valence-electron chi connectivity index (χ4n) is 3.49. The molecule has 28 heavy (non-hydrogen) atoms. The first-order valence-electron chi connectivity index (χ1n) is 9.40. The van der Waals surface area contributed by atoms with Crippen molar-refractivity contribution in [3.8, 4) is 11.5 Å². The van der Waals surface area contributed by atoms with Gasteiger partial charge < -0.3 is 19.7 Å². The second-order valence-corrected chi connectivity index (χ2v) is 7.02. The van der Waals surface area contributed by atoms with Crippen molar-refractivity contribution in [2.24, 2.45) is 5.92 Å². The lowest BCUT2D eigenvalue weighted by atomic mass is 9.96. The van der Waals surface area contributed by atoms with Crippen LogP contribution in [0.1, 0.15) is 28.8 Å². The summed E-state index contributed by atoms with van der Waals surface area (Å²) in [6.07, 6.45) is 1.57. The maximum atomic E-state index is 12.8. The van der Waals surface area contributed by atoms with Gasteiger partial charge >= 0.3 is 0 Å². The van der Waals surface area contributed by atoms with Crippen molar-refractivity contribution in [3.05, 3.63) is 53.6 Å². The summed E-state index contributed by atoms with van der Waals surface area (Å²) in [5.41, 5.74) is 2.36. The van der Waals surface area contributed by atoms with Crippen LogP contribution in [0.15, 0.2) is 42.5 Å². The number of ether oxygens (including phenoxy) is 2. The van der Waals surface area contributed by atoms with Gasteiger partial charge in [0.1, 0.15) is 0 Å². The van der Waals surface area contributed by atoms with Crippen LogP contribution in [-0.4, -0.2) is 44.0 Å². The molecule has 0 unspecified atom stereocenters. The van der Waals surface area contributed by atoms with E-state index in [-0.39, 0.29) is 17.7 Å². The number of methoxy groups -OCH3 is 2. The van der Waals surface area contributed by atoms with Gasteiger partial charge in [0.15, 0.2) is 11.5 Å². The average Bonchev–Trinajstić information content (AvgIpc) is 2.73. The topological polar surface area (TPSA) is 67.9 Å². The molecule has 1 heterocycles. The number of hydrogen-bond acceptors (Lipinski definition) is 4. The van der Waals surface area contributed by atoms with Gasteiger partial charge in [-0.2, -0.15) is 0 Å². The van der Waals surface area contributed by atoms with Crippen molar-refractivity contribution in [2.75, 3.05) is 32.6 Å². The number of carbonyl (C=O) groups excluding carboxylic acids is 2. The van der Waals surface area contributed by atoms with Crippen LogP contribution in [-0.2, 0) is 4.79 Å². The summed E-state index contributed by atoms with van der Waals surface area (Å²) >= 11 is 0. The second kappa shape index (κ2) is 8.78. The molecule has 0 aliphatic carbocycles. The van der Waals surface area contributed by atoms with E-state index in [2.05, 4.69) is 5.32 Å². The highest BCUT2D eigenvalue weighted by Gasteiger charge is 2.29. The van der Waals surface area contributed by atoms with Crippen molar-refractivity contribution in [3.63, 3.8) is 0 Å². The number of hydrogen-bond donors (Lipinski definition) is 1. The molecule has 0 spiro atoms. The number of rotatable bonds is 5. The first-order chi connectivity index (χ1) is 13.5. The molecule has 148 valence electrons. The predicted octanol–water partition coefficient (Wildman–Crippen LogP) is 3.50. The van der Waals surface area contributed by atoms with E-state index in [0.29, 0.717) is 35.8 Å². The van der Waals surface area contributed by atoms with Gasteiger partial charge in [0.25, 0.3) is 5.91 Å². The molecule has 1 aliphatic heterocycles. The molecule has 2 amide bonds. The van der Waals surface area contributed by atoms with Gasteiger partial charge in [-0.15, -0.1) is 0 Å². The highest BCUT2D eigenvalue weighted by Crippen LogP contribution is 2.30. The molecule has 1 atom stereocenters. The number of nitrogens with one attached hydrogen (secondary N) is 1. The Kier molecular flexibility index (Phi) is 6.19. The summed E-state index contributed by atoms with van der Waals surface area (Å²) in [4.78, 5) is 27.3. The minimum absolute atomic E-state index is 0.0210. The summed E-state index contributed by atoms with van der Waals surface area (Å²) in [7, 11) is 3.12. The number of nitrogens with zero attached hydrogens (tertiary/aromatic N) is 1. The Hall–Kier alpha value is -3.02. The summed E-state index contributed by atoms with van der Waals surface area (Å²) < 4.78 is 10.5. The Labute approximate surface area is 165 Å². The summed E-state index contributed by atoms with van der Waals surface area (Å²) in [6, 6.07) is 12.8. The molecule has 1 aliphatic rings. The molecule has 3 rings (SSSR count). The highest BCUT2D eigenvalue weighted by molar-refractivity contribution is 5.96. The zero-order chi connectivity index (χ0) is 20.1. The van der Waals surface area contributed by atoms with Crippen LogP contribution < -0.4 is 14.8 Å². The minimum atomic E-state index is -0.240. The van der Waals surface area contributed by atoms with Crippen LogP contribution in [0.3, 0.4) is 0 Å². The quantitative estimate of drug-likeness (QED) is 0.859. The monoisotopic (exact) mass is 382 g/mol. The van der Waals surface area contributed by atoms with Crippen LogP contribution in [0, 0.1) is 12.8 Å². The zero-order valence-electron chi connectivity index (χ0n) is 16.5. The summed E-state index contributed by atoms with van der Waals surface area (Å²) in [5.74, 6) is 0.810. The number of aryl methyl sites for hydroxylation is 1. The first-order valence-corrected chi connectivity index (χ1v) is 9.40. The standard InChI is InChI=1S/C22H26N2O4/c1-15-6-4-7-16(12-15)22(26)24-11-5-8-17(14-24)21(25)23-18-9-10-19(27-2)20(13-18)28-3/h4,6-7,9-10,12-13,17H,5,8,11,14H2,1-3H3,(H,23,25)/t17-/m0/s1. The Balaban J connectivity index is 1.67. The van der Waals surface area contributed by atoms with E-state index in [1.54, 1.807) is 37.3 Å². The van der Waals surface area contributed by atoms with Gasteiger partial charge in [-0.1, -0.05) is 17.7 Å². The van der Waals surface area contributed by atoms with E-state index < -0.39 is 0 Å². The molecule has 2 aromatic rings. The molecule has 6 nitrogen and oxygen atoms in total. The predicted molar refractivity (Wildman–Crippen MR) is 108 cm³/mol. The number of anilines is 1. The average molecular weight is 382 g/mol. The lowest BCUT2D eigenvalue weighted by Crippen LogP contribution is -2.43. The molecule has 1 N–H and O–H groups in total. The Morgan fingerprint density at radius 1 is 1.07 bits per heavy atom. The lowest BCUT2D eigenvalue weighted by Gasteiger charge is -2.32. The third-order valence-corrected chi connectivity index (χ3v) is 5.00. The van der Waals surface area contributed by atoms with E-state index in [9.17, 15) is 9.59 Å². The Bertz CT molecular complexity index is 865. The van der Waals surface area contributed by atoms with E-state index in [1.807, 2.05) is 31.2 Å². The van der Waals surface area contributed by atoms with Gasteiger partial charge in [0.05, 0.1) is 20.1 Å². The van der Waals surface area contributed by atoms with Crippen LogP contribution in [0.5, 0.6) is 11.5 Å². The highest BCUT2D eigenvalue weighted by atomic mass is 16.5. The molecule has 1 saturated heterocycles. The van der Waals surface area contributed by atoms with Crippen molar-refractivity contribution >= 4 is 17.5 Å². The maximum absolute atomic E-state index is 12.8. The molecule has 0 radical (unpaired) electrons. The van der Waals surface area contributed by atoms with Gasteiger partial charge in [-0.25, -0.2) is 0 Å². The third-order valence-electron chi connectivity index (χ3n) is 5.00. The largest absolute Gasteiger partial charge is 0.493 e. The third kappa shape index (κ3) is 4.44. The number of piperidine rings is 1. The number of likely N-dealkylation sites (tertiary alicyclic amines) is 1. The normalized spacial score (nSPS) is 16.4. The van der Waals surface area contributed by atoms with E-state index in [1.165, 1.54) is 0 Å². The Morgan fingerprint density at radius 3 is 2.57 bits per heavy atom. The fraction of sp³-hybridized carbons (Fsp3) is 0.364. The summed E-state index contributed by atoms with van der Waals surface area (Å²) in [6.45, 7) is 3.06. The minimum Gasteiger partial charge on any atom is -0.493 e. The molecule has 0 aromatic heterocycles. The van der Waals surface area contributed by atoms with Crippen molar-refractivity contribution in [1.29, 1.82) is 0 Å². The number of amides is 2. The smallest absolute Gasteiger partial charge is 0.253 e. The zero-order valence-corrected chi connectivity index (χ0v) is 16.5. The summed E-state index contributed by atoms with van der Waals surface area (Å²) in [5, 5.41) is 2.93. The van der Waals surface area contributed by atoms with Gasteiger partial charge in [0.2, 0.25) is 5.91 Å². The van der Waals surface area contributed by atoms with Crippen molar-refractivity contribution < 1.29 is 19.1 Å². The molecule has 2 aromatic carbocycles. The molecule has 1 fully saturated rings. The molecule has 0 bridgehead atoms. The Morgan fingerprint density at radius 2 is 1.86 bits per heavy atom. The van der Waals surface area contributed by atoms with E-state index in [4.69, 9.17) is 9.47 Å². The second-order valence-electron chi connectivity index (χ2n) is 7.02. The number of benzene rings is 2. The van der Waals surface area contributed by atoms with Gasteiger partial charge in [0, 0.05) is 30.4 Å². The molecular formula is C22H26N2O4. The van der Waals surface area contributed by atoms with Crippen molar-refractivity contribution in [1.82, 2.24) is 4.90 Å². The van der Waals surface area contributed by atoms with Gasteiger partial charge in [-0.3, -0.25) is 9.59 Å². The van der Waals surface area contributed by atoms with E-state index >= 15 is 0 Å². The van der Waals surface area contributed by atoms with Crippen LogP contribution >= 0.6 is 0 Å². The SMILES string of the molecule is COc1ccc(NC(=O)[C@H]2CCCN(C(=O)c3cccc(C)c3)C2)cc1OC. The molecular weight excluding hydrogens is 356 g/mol. The lowest BCUT2D eigenvalue weighted by molar-refractivity contribution is -0.121. The van der Waals surface area contributed by atoms with Crippen LogP contribution in [0.4, 0.5) is 5.69 Å². The molecule has 6 heteroatoms. The van der Waals surface area contributed by atoms with E-state index in [0.717, 1.165) is 18.4 Å². The fourth-order valence-corrected chi connectivity index (χ4v) is 3.49. The van der Waals surface area contributed by atoms with Gasteiger partial charge in [-0.05, 0) is 44.0 Å². The molecule has 0 saturated carbocycles. The van der Waals surface area contributed by atoms with Crippen LogP contribution in [0.2, 0.25) is 0 Å². The first kappa shape index (κ1) is 19.7. The van der Waals surface area contributed by atoms with Crippen LogP contribution in [0.25, 0.3) is 0 Å².